The van der Waals surface area contributed by atoms with Crippen molar-refractivity contribution in [1.82, 2.24) is 9.80 Å². The summed E-state index contributed by atoms with van der Waals surface area (Å²) in [5.41, 5.74) is 2.22. The van der Waals surface area contributed by atoms with Gasteiger partial charge in [-0.2, -0.15) is 0 Å². The second-order valence-electron chi connectivity index (χ2n) is 11.0. The van der Waals surface area contributed by atoms with E-state index in [4.69, 9.17) is 0 Å². The molecule has 0 spiro atoms. The number of benzene rings is 3. The molecule has 3 aromatic rings. The van der Waals surface area contributed by atoms with Gasteiger partial charge in [0.2, 0.25) is 0 Å². The number of rotatable bonds is 9. The van der Waals surface area contributed by atoms with Crippen molar-refractivity contribution in [3.63, 3.8) is 0 Å². The highest BCUT2D eigenvalue weighted by Crippen LogP contribution is 2.39. The van der Waals surface area contributed by atoms with Crippen LogP contribution in [0.15, 0.2) is 91.0 Å². The van der Waals surface area contributed by atoms with E-state index in [0.29, 0.717) is 6.54 Å². The average Bonchev–Trinajstić information content (AvgIpc) is 3.22. The van der Waals surface area contributed by atoms with Gasteiger partial charge in [-0.3, -0.25) is 4.90 Å². The highest BCUT2D eigenvalue weighted by atomic mass is 16.3. The summed E-state index contributed by atoms with van der Waals surface area (Å²) in [5.74, 6) is 0.132. The summed E-state index contributed by atoms with van der Waals surface area (Å²) in [5, 5.41) is 23.2. The summed E-state index contributed by atoms with van der Waals surface area (Å²) >= 11 is 0. The summed E-state index contributed by atoms with van der Waals surface area (Å²) in [6, 6.07) is 31.3. The van der Waals surface area contributed by atoms with Gasteiger partial charge in [0.25, 0.3) is 0 Å². The zero-order chi connectivity index (χ0) is 24.8. The molecule has 2 aliphatic heterocycles. The molecule has 2 saturated heterocycles. The van der Waals surface area contributed by atoms with E-state index in [1.165, 1.54) is 11.1 Å². The Kier molecular flexibility index (Phi) is 7.87. The van der Waals surface area contributed by atoms with Gasteiger partial charge in [-0.15, -0.1) is 0 Å². The van der Waals surface area contributed by atoms with Crippen LogP contribution in [0.3, 0.4) is 0 Å². The minimum Gasteiger partial charge on any atom is -0.390 e. The summed E-state index contributed by atoms with van der Waals surface area (Å²) in [6.07, 6.45) is 4.53. The van der Waals surface area contributed by atoms with E-state index in [2.05, 4.69) is 82.6 Å². The largest absolute Gasteiger partial charge is 0.390 e. The van der Waals surface area contributed by atoms with Crippen molar-refractivity contribution >= 4 is 0 Å². The van der Waals surface area contributed by atoms with Crippen LogP contribution in [0.1, 0.15) is 42.4 Å². The molecule has 2 aliphatic rings. The zero-order valence-electron chi connectivity index (χ0n) is 21.3. The molecule has 2 fully saturated rings. The maximum absolute atomic E-state index is 12.0. The first-order chi connectivity index (χ1) is 17.5. The minimum atomic E-state index is -0.862. The lowest BCUT2D eigenvalue weighted by Gasteiger charge is -2.41. The van der Waals surface area contributed by atoms with Crippen LogP contribution in [0, 0.1) is 5.92 Å². The maximum Gasteiger partial charge on any atom is 0.107 e. The second kappa shape index (κ2) is 11.3. The van der Waals surface area contributed by atoms with Crippen LogP contribution in [-0.4, -0.2) is 58.3 Å². The molecule has 190 valence electrons. The number of likely N-dealkylation sites (tertiary alicyclic amines) is 2. The van der Waals surface area contributed by atoms with Crippen molar-refractivity contribution in [2.24, 2.45) is 5.92 Å². The monoisotopic (exact) mass is 484 g/mol. The molecule has 0 bridgehead atoms. The Morgan fingerprint density at radius 1 is 0.722 bits per heavy atom. The average molecular weight is 485 g/mol. The Morgan fingerprint density at radius 2 is 1.31 bits per heavy atom. The summed E-state index contributed by atoms with van der Waals surface area (Å²) in [7, 11) is 0. The molecule has 4 nitrogen and oxygen atoms in total. The van der Waals surface area contributed by atoms with Crippen molar-refractivity contribution < 1.29 is 10.2 Å². The van der Waals surface area contributed by atoms with Gasteiger partial charge in [0.15, 0.2) is 0 Å². The Hall–Kier alpha value is -2.50. The molecule has 2 unspecified atom stereocenters. The highest BCUT2D eigenvalue weighted by molar-refractivity contribution is 5.26. The lowest BCUT2D eigenvalue weighted by atomic mass is 9.82. The number of aryl methyl sites for hydroxylation is 1. The van der Waals surface area contributed by atoms with Crippen molar-refractivity contribution in [3.05, 3.63) is 108 Å². The van der Waals surface area contributed by atoms with E-state index in [0.717, 1.165) is 70.4 Å². The van der Waals surface area contributed by atoms with E-state index in [1.54, 1.807) is 0 Å². The SMILES string of the molecule is OC1(CCCc2ccccc2)CCN(CC2CN(Cc3ccccc3)CC2(O)c2ccccc2)CC1. The van der Waals surface area contributed by atoms with E-state index < -0.39 is 11.2 Å². The molecule has 2 heterocycles. The minimum absolute atomic E-state index is 0.132. The molecule has 0 saturated carbocycles. The Morgan fingerprint density at radius 3 is 1.94 bits per heavy atom. The van der Waals surface area contributed by atoms with E-state index >= 15 is 0 Å². The predicted molar refractivity (Wildman–Crippen MR) is 146 cm³/mol. The number of nitrogens with zero attached hydrogens (tertiary/aromatic N) is 2. The molecule has 0 radical (unpaired) electrons. The van der Waals surface area contributed by atoms with Gasteiger partial charge in [-0.05, 0) is 48.8 Å². The Labute approximate surface area is 216 Å². The molecular weight excluding hydrogens is 444 g/mol. The number of hydrogen-bond donors (Lipinski definition) is 2. The normalized spacial score (nSPS) is 24.7. The van der Waals surface area contributed by atoms with Gasteiger partial charge in [0, 0.05) is 45.2 Å². The third kappa shape index (κ3) is 6.07. The molecule has 0 aromatic heterocycles. The lowest BCUT2D eigenvalue weighted by molar-refractivity contribution is -0.0462. The molecule has 0 amide bonds. The molecule has 3 aromatic carbocycles. The third-order valence-electron chi connectivity index (χ3n) is 8.36. The van der Waals surface area contributed by atoms with Gasteiger partial charge in [-0.25, -0.2) is 0 Å². The van der Waals surface area contributed by atoms with Gasteiger partial charge >= 0.3 is 0 Å². The maximum atomic E-state index is 12.0. The van der Waals surface area contributed by atoms with E-state index in [-0.39, 0.29) is 5.92 Å². The third-order valence-corrected chi connectivity index (χ3v) is 8.36. The first kappa shape index (κ1) is 25.2. The lowest BCUT2D eigenvalue weighted by Crippen LogP contribution is -2.48. The van der Waals surface area contributed by atoms with E-state index in [9.17, 15) is 10.2 Å². The fourth-order valence-corrected chi connectivity index (χ4v) is 6.20. The number of β-amino-alcohol motifs (C(OH)–C–C–N with tert-alkyl or cyclic N) is 1. The summed E-state index contributed by atoms with van der Waals surface area (Å²) in [4.78, 5) is 4.87. The molecule has 5 rings (SSSR count). The van der Waals surface area contributed by atoms with Crippen LogP contribution in [0.2, 0.25) is 0 Å². The first-order valence-corrected chi connectivity index (χ1v) is 13.6. The fourth-order valence-electron chi connectivity index (χ4n) is 6.20. The van der Waals surface area contributed by atoms with E-state index in [1.807, 2.05) is 18.2 Å². The van der Waals surface area contributed by atoms with Crippen molar-refractivity contribution in [3.8, 4) is 0 Å². The van der Waals surface area contributed by atoms with Crippen LogP contribution in [0.5, 0.6) is 0 Å². The second-order valence-corrected chi connectivity index (χ2v) is 11.0. The molecule has 4 heteroatoms. The predicted octanol–water partition coefficient (Wildman–Crippen LogP) is 4.86. The van der Waals surface area contributed by atoms with Crippen LogP contribution in [-0.2, 0) is 18.6 Å². The number of aliphatic hydroxyl groups is 2. The van der Waals surface area contributed by atoms with Gasteiger partial charge in [-0.1, -0.05) is 91.0 Å². The van der Waals surface area contributed by atoms with Gasteiger partial charge in [0.1, 0.15) is 5.60 Å². The molecular formula is C32H40N2O2. The summed E-state index contributed by atoms with van der Waals surface area (Å²) in [6.45, 7) is 5.01. The number of hydrogen-bond acceptors (Lipinski definition) is 4. The van der Waals surface area contributed by atoms with Crippen LogP contribution >= 0.6 is 0 Å². The topological polar surface area (TPSA) is 46.9 Å². The quantitative estimate of drug-likeness (QED) is 0.456. The summed E-state index contributed by atoms with van der Waals surface area (Å²) < 4.78 is 0. The van der Waals surface area contributed by atoms with Crippen molar-refractivity contribution in [2.75, 3.05) is 32.7 Å². The van der Waals surface area contributed by atoms with Gasteiger partial charge in [0.05, 0.1) is 5.60 Å². The Bertz CT molecular complexity index is 1070. The molecule has 0 aliphatic carbocycles. The highest BCUT2D eigenvalue weighted by Gasteiger charge is 2.47. The van der Waals surface area contributed by atoms with Crippen molar-refractivity contribution in [1.29, 1.82) is 0 Å². The zero-order valence-corrected chi connectivity index (χ0v) is 21.3. The van der Waals surface area contributed by atoms with Crippen LogP contribution < -0.4 is 0 Å². The number of piperidine rings is 1. The first-order valence-electron chi connectivity index (χ1n) is 13.6. The fraction of sp³-hybridized carbons (Fsp3) is 0.438. The standard InChI is InChI=1S/C32H40N2O2/c35-31(18-10-15-27-11-4-1-5-12-27)19-21-33(22-20-31)24-30-25-34(23-28-13-6-2-7-14-28)26-32(30,36)29-16-8-3-9-17-29/h1-9,11-14,16-17,30,35-36H,10,15,18-26H2. The molecule has 36 heavy (non-hydrogen) atoms. The molecule has 2 N–H and O–H groups in total. The smallest absolute Gasteiger partial charge is 0.107 e. The van der Waals surface area contributed by atoms with Gasteiger partial charge < -0.3 is 15.1 Å². The van der Waals surface area contributed by atoms with Crippen LogP contribution in [0.4, 0.5) is 0 Å². The molecule has 2 atom stereocenters. The van der Waals surface area contributed by atoms with Crippen molar-refractivity contribution in [2.45, 2.75) is 49.9 Å². The van der Waals surface area contributed by atoms with Crippen LogP contribution in [0.25, 0.3) is 0 Å². The Balaban J connectivity index is 1.19.